The molecule has 0 fully saturated rings. The molecule has 2 aromatic heterocycles. The second-order valence-corrected chi connectivity index (χ2v) is 7.14. The van der Waals surface area contributed by atoms with Crippen molar-refractivity contribution in [2.24, 2.45) is 0 Å². The molecule has 27 heavy (non-hydrogen) atoms. The zero-order valence-electron chi connectivity index (χ0n) is 15.2. The van der Waals surface area contributed by atoms with Gasteiger partial charge in [0.05, 0.1) is 12.8 Å². The summed E-state index contributed by atoms with van der Waals surface area (Å²) in [6.07, 6.45) is 0. The first kappa shape index (κ1) is 18.7. The van der Waals surface area contributed by atoms with Crippen LogP contribution in [0.5, 0.6) is 0 Å². The average Bonchev–Trinajstić information content (AvgIpc) is 3.12. The van der Waals surface area contributed by atoms with Crippen LogP contribution in [-0.2, 0) is 4.74 Å². The van der Waals surface area contributed by atoms with Gasteiger partial charge in [-0.25, -0.2) is 14.8 Å². The van der Waals surface area contributed by atoms with Gasteiger partial charge in [0.15, 0.2) is 5.13 Å². The van der Waals surface area contributed by atoms with E-state index in [4.69, 9.17) is 0 Å². The maximum absolute atomic E-state index is 12.5. The molecule has 0 aliphatic heterocycles. The number of nitrogens with one attached hydrogen (secondary N) is 1. The molecule has 3 rings (SSSR count). The van der Waals surface area contributed by atoms with Crippen molar-refractivity contribution in [2.75, 3.05) is 12.4 Å². The molecule has 0 saturated carbocycles. The third-order valence-corrected chi connectivity index (χ3v) is 5.09. The summed E-state index contributed by atoms with van der Waals surface area (Å²) in [5.74, 6) is -0.749. The van der Waals surface area contributed by atoms with E-state index < -0.39 is 11.9 Å². The van der Waals surface area contributed by atoms with Crippen LogP contribution in [0.2, 0.25) is 0 Å². The van der Waals surface area contributed by atoms with Crippen LogP contribution < -0.4 is 5.32 Å². The Bertz CT molecular complexity index is 968. The molecule has 1 N–H and O–H groups in total. The van der Waals surface area contributed by atoms with E-state index in [-0.39, 0.29) is 17.3 Å². The van der Waals surface area contributed by atoms with E-state index >= 15 is 0 Å². The summed E-state index contributed by atoms with van der Waals surface area (Å²) in [5, 5.41) is 3.28. The molecule has 0 radical (unpaired) electrons. The normalized spacial score (nSPS) is 10.7. The molecular weight excluding hydrogens is 362 g/mol. The number of carbonyl (C=O) groups excluding carboxylic acids is 2. The Morgan fingerprint density at radius 3 is 2.37 bits per heavy atom. The fourth-order valence-corrected chi connectivity index (χ4v) is 3.50. The lowest BCUT2D eigenvalue weighted by Gasteiger charge is -2.04. The lowest BCUT2D eigenvalue weighted by atomic mass is 10.1. The van der Waals surface area contributed by atoms with Crippen molar-refractivity contribution in [3.8, 4) is 11.3 Å². The number of aromatic nitrogens is 2. The van der Waals surface area contributed by atoms with Crippen LogP contribution >= 0.6 is 11.3 Å². The highest BCUT2D eigenvalue weighted by Crippen LogP contribution is 2.36. The third kappa shape index (κ3) is 4.20. The van der Waals surface area contributed by atoms with Crippen molar-refractivity contribution < 1.29 is 14.3 Å². The van der Waals surface area contributed by atoms with Gasteiger partial charge in [0.2, 0.25) is 0 Å². The zero-order chi connectivity index (χ0) is 19.4. The van der Waals surface area contributed by atoms with Crippen molar-refractivity contribution >= 4 is 28.3 Å². The number of hydrogen-bond donors (Lipinski definition) is 1. The molecule has 1 aromatic carbocycles. The van der Waals surface area contributed by atoms with Gasteiger partial charge in [-0.3, -0.25) is 10.1 Å². The van der Waals surface area contributed by atoms with Gasteiger partial charge < -0.3 is 4.74 Å². The van der Waals surface area contributed by atoms with E-state index in [1.54, 1.807) is 6.07 Å². The summed E-state index contributed by atoms with van der Waals surface area (Å²) in [6.45, 7) is 4.18. The van der Waals surface area contributed by atoms with Crippen LogP contribution in [0.15, 0.2) is 48.5 Å². The van der Waals surface area contributed by atoms with Crippen LogP contribution in [0.4, 0.5) is 5.13 Å². The van der Waals surface area contributed by atoms with Gasteiger partial charge in [-0.2, -0.15) is 0 Å². The predicted molar refractivity (Wildman–Crippen MR) is 105 cm³/mol. The standard InChI is InChI=1S/C20H19N3O3S/c1-12(2)17-16(13-8-5-4-6-9-13)22-20(27-17)23-18(24)14-10-7-11-15(21-14)19(25)26-3/h4-12H,1-3H3,(H,22,23,24). The molecule has 0 atom stereocenters. The van der Waals surface area contributed by atoms with E-state index in [0.717, 1.165) is 16.1 Å². The summed E-state index contributed by atoms with van der Waals surface area (Å²) in [6, 6.07) is 14.5. The van der Waals surface area contributed by atoms with Crippen LogP contribution in [0.1, 0.15) is 45.6 Å². The molecule has 0 unspecified atom stereocenters. The van der Waals surface area contributed by atoms with Gasteiger partial charge in [-0.05, 0) is 18.1 Å². The zero-order valence-corrected chi connectivity index (χ0v) is 16.0. The highest BCUT2D eigenvalue weighted by Gasteiger charge is 2.19. The number of pyridine rings is 1. The molecule has 2 heterocycles. The fourth-order valence-electron chi connectivity index (χ4n) is 2.52. The molecule has 0 aliphatic rings. The van der Waals surface area contributed by atoms with Crippen molar-refractivity contribution in [2.45, 2.75) is 19.8 Å². The quantitative estimate of drug-likeness (QED) is 0.664. The van der Waals surface area contributed by atoms with Gasteiger partial charge in [0.1, 0.15) is 11.4 Å². The molecule has 7 heteroatoms. The number of amides is 1. The third-order valence-electron chi connectivity index (χ3n) is 3.82. The maximum Gasteiger partial charge on any atom is 0.356 e. The van der Waals surface area contributed by atoms with Crippen molar-refractivity contribution in [3.05, 3.63) is 64.8 Å². The molecule has 0 spiro atoms. The number of benzene rings is 1. The van der Waals surface area contributed by atoms with Crippen molar-refractivity contribution in [1.82, 2.24) is 9.97 Å². The van der Waals surface area contributed by atoms with Gasteiger partial charge in [-0.1, -0.05) is 50.2 Å². The maximum atomic E-state index is 12.5. The van der Waals surface area contributed by atoms with Crippen molar-refractivity contribution in [3.63, 3.8) is 0 Å². The largest absolute Gasteiger partial charge is 0.464 e. The topological polar surface area (TPSA) is 81.2 Å². The first-order chi connectivity index (χ1) is 13.0. The Balaban J connectivity index is 1.88. The van der Waals surface area contributed by atoms with Gasteiger partial charge in [-0.15, -0.1) is 11.3 Å². The number of carbonyl (C=O) groups is 2. The molecule has 3 aromatic rings. The number of hydrogen-bond acceptors (Lipinski definition) is 6. The molecule has 1 amide bonds. The Labute approximate surface area is 161 Å². The lowest BCUT2D eigenvalue weighted by molar-refractivity contribution is 0.0594. The van der Waals surface area contributed by atoms with Crippen LogP contribution in [0, 0.1) is 0 Å². The van der Waals surface area contributed by atoms with E-state index in [0.29, 0.717) is 5.13 Å². The Kier molecular flexibility index (Phi) is 5.61. The first-order valence-electron chi connectivity index (χ1n) is 8.42. The second kappa shape index (κ2) is 8.09. The molecule has 0 aliphatic carbocycles. The molecule has 0 bridgehead atoms. The average molecular weight is 381 g/mol. The first-order valence-corrected chi connectivity index (χ1v) is 9.24. The van der Waals surface area contributed by atoms with E-state index in [1.807, 2.05) is 30.3 Å². The smallest absolute Gasteiger partial charge is 0.356 e. The highest BCUT2D eigenvalue weighted by atomic mass is 32.1. The second-order valence-electron chi connectivity index (χ2n) is 6.11. The summed E-state index contributed by atoms with van der Waals surface area (Å²) >= 11 is 1.44. The van der Waals surface area contributed by atoms with Crippen LogP contribution in [-0.4, -0.2) is 29.0 Å². The molecule has 6 nitrogen and oxygen atoms in total. The Morgan fingerprint density at radius 1 is 1.00 bits per heavy atom. The van der Waals surface area contributed by atoms with Gasteiger partial charge in [0, 0.05) is 10.4 Å². The summed E-state index contributed by atoms with van der Waals surface area (Å²) in [7, 11) is 1.27. The van der Waals surface area contributed by atoms with Gasteiger partial charge >= 0.3 is 5.97 Å². The van der Waals surface area contributed by atoms with Crippen LogP contribution in [0.25, 0.3) is 11.3 Å². The van der Waals surface area contributed by atoms with E-state index in [1.165, 1.54) is 30.6 Å². The fraction of sp³-hybridized carbons (Fsp3) is 0.200. The Morgan fingerprint density at radius 2 is 1.70 bits per heavy atom. The summed E-state index contributed by atoms with van der Waals surface area (Å²) in [4.78, 5) is 33.9. The van der Waals surface area contributed by atoms with Crippen LogP contribution in [0.3, 0.4) is 0 Å². The minimum Gasteiger partial charge on any atom is -0.464 e. The molecular formula is C20H19N3O3S. The molecule has 138 valence electrons. The monoisotopic (exact) mass is 381 g/mol. The summed E-state index contributed by atoms with van der Waals surface area (Å²) < 4.78 is 4.64. The van der Waals surface area contributed by atoms with Gasteiger partial charge in [0.25, 0.3) is 5.91 Å². The number of anilines is 1. The van der Waals surface area contributed by atoms with E-state index in [9.17, 15) is 9.59 Å². The minimum absolute atomic E-state index is 0.0807. The number of ether oxygens (including phenoxy) is 1. The minimum atomic E-state index is -0.590. The number of methoxy groups -OCH3 is 1. The number of rotatable bonds is 5. The Hall–Kier alpha value is -3.06. The molecule has 0 saturated heterocycles. The highest BCUT2D eigenvalue weighted by molar-refractivity contribution is 7.16. The number of esters is 1. The van der Waals surface area contributed by atoms with Crippen molar-refractivity contribution in [1.29, 1.82) is 0 Å². The SMILES string of the molecule is COC(=O)c1cccc(C(=O)Nc2nc(-c3ccccc3)c(C(C)C)s2)n1. The van der Waals surface area contributed by atoms with E-state index in [2.05, 4.69) is 33.9 Å². The summed E-state index contributed by atoms with van der Waals surface area (Å²) in [5.41, 5.74) is 2.07. The predicted octanol–water partition coefficient (Wildman–Crippen LogP) is 4.37. The number of nitrogens with zero attached hydrogens (tertiary/aromatic N) is 2. The lowest BCUT2D eigenvalue weighted by Crippen LogP contribution is -2.15. The number of thiazole rings is 1.